The zero-order chi connectivity index (χ0) is 27.4. The number of carbonyl (C=O) groups excluding carboxylic acids is 1. The summed E-state index contributed by atoms with van der Waals surface area (Å²) in [6.45, 7) is 8.29. The maximum atomic E-state index is 12.9. The van der Waals surface area contributed by atoms with Gasteiger partial charge in [-0.3, -0.25) is 4.79 Å². The summed E-state index contributed by atoms with van der Waals surface area (Å²) in [6.07, 6.45) is -0.217. The largest absolute Gasteiger partial charge is 0.478 e. The van der Waals surface area contributed by atoms with Gasteiger partial charge in [0.2, 0.25) is 15.9 Å². The zero-order valence-electron chi connectivity index (χ0n) is 21.1. The minimum absolute atomic E-state index is 0.0542. The molecule has 1 amide bonds. The van der Waals surface area contributed by atoms with Gasteiger partial charge in [0.1, 0.15) is 0 Å². The van der Waals surface area contributed by atoms with E-state index in [1.165, 1.54) is 0 Å². The number of carboxylic acids is 1. The van der Waals surface area contributed by atoms with Gasteiger partial charge >= 0.3 is 5.97 Å². The van der Waals surface area contributed by atoms with Crippen LogP contribution in [0.4, 0.5) is 0 Å². The van der Waals surface area contributed by atoms with Gasteiger partial charge in [0.05, 0.1) is 28.4 Å². The van der Waals surface area contributed by atoms with Crippen LogP contribution in [0.15, 0.2) is 40.1 Å². The van der Waals surface area contributed by atoms with Crippen LogP contribution in [0, 0.1) is 0 Å². The molecule has 12 heteroatoms. The Bertz CT molecular complexity index is 1340. The quantitative estimate of drug-likeness (QED) is 0.393. The number of amides is 1. The Morgan fingerprint density at radius 2 is 1.50 bits per heavy atom. The van der Waals surface area contributed by atoms with E-state index in [0.717, 1.165) is 35.9 Å². The van der Waals surface area contributed by atoms with Crippen molar-refractivity contribution in [3.05, 3.63) is 58.1 Å². The van der Waals surface area contributed by atoms with Crippen molar-refractivity contribution in [3.63, 3.8) is 0 Å². The van der Waals surface area contributed by atoms with E-state index in [1.54, 1.807) is 7.11 Å². The zero-order valence-corrected chi connectivity index (χ0v) is 22.7. The minimum atomic E-state index is -4.49. The first-order chi connectivity index (χ1) is 16.6. The minimum Gasteiger partial charge on any atom is -0.478 e. The average Bonchev–Trinajstić information content (AvgIpc) is 2.78. The summed E-state index contributed by atoms with van der Waals surface area (Å²) in [7, 11) is -5.95. The predicted octanol–water partition coefficient (Wildman–Crippen LogP) is 2.73. The fourth-order valence-corrected chi connectivity index (χ4v) is 5.77. The molecule has 36 heavy (non-hydrogen) atoms. The molecular weight excluding hydrogens is 508 g/mol. The van der Waals surface area contributed by atoms with Gasteiger partial charge in [-0.15, -0.1) is 0 Å². The highest BCUT2D eigenvalue weighted by molar-refractivity contribution is 7.90. The van der Waals surface area contributed by atoms with Crippen molar-refractivity contribution in [3.8, 4) is 0 Å². The maximum absolute atomic E-state index is 12.9. The Kier molecular flexibility index (Phi) is 9.40. The smallest absolute Gasteiger partial charge is 0.337 e. The summed E-state index contributed by atoms with van der Waals surface area (Å²) in [5.74, 6) is -2.33. The van der Waals surface area contributed by atoms with Crippen LogP contribution >= 0.6 is 0 Å². The third-order valence-electron chi connectivity index (χ3n) is 5.57. The first kappa shape index (κ1) is 29.4. The lowest BCUT2D eigenvalue weighted by Crippen LogP contribution is -2.33. The second-order valence-corrected chi connectivity index (χ2v) is 12.4. The molecule has 0 aromatic heterocycles. The van der Waals surface area contributed by atoms with Crippen LogP contribution in [0.3, 0.4) is 0 Å². The Morgan fingerprint density at radius 1 is 0.944 bits per heavy atom. The number of carbonyl (C=O) groups is 2. The topological polar surface area (TPSA) is 156 Å². The summed E-state index contributed by atoms with van der Waals surface area (Å²) in [4.78, 5) is 23.4. The van der Waals surface area contributed by atoms with E-state index in [9.17, 15) is 31.5 Å². The van der Waals surface area contributed by atoms with Crippen LogP contribution in [0.25, 0.3) is 0 Å². The monoisotopic (exact) mass is 540 g/mol. The normalized spacial score (nSPS) is 12.2. The van der Waals surface area contributed by atoms with Crippen LogP contribution < -0.4 is 9.44 Å². The third kappa shape index (κ3) is 6.69. The van der Waals surface area contributed by atoms with Gasteiger partial charge in [0, 0.05) is 7.11 Å². The van der Waals surface area contributed by atoms with Gasteiger partial charge in [0.25, 0.3) is 10.0 Å². The maximum Gasteiger partial charge on any atom is 0.337 e. The van der Waals surface area contributed by atoms with E-state index in [4.69, 9.17) is 4.74 Å². The Hall–Kier alpha value is -2.80. The number of aromatic carboxylic acids is 1. The van der Waals surface area contributed by atoms with Crippen molar-refractivity contribution >= 4 is 31.9 Å². The molecule has 0 heterocycles. The van der Waals surface area contributed by atoms with E-state index in [-0.39, 0.29) is 18.3 Å². The van der Waals surface area contributed by atoms with Crippen molar-refractivity contribution in [1.82, 2.24) is 9.44 Å². The predicted molar refractivity (Wildman–Crippen MR) is 134 cm³/mol. The molecule has 0 aliphatic carbocycles. The first-order valence-electron chi connectivity index (χ1n) is 11.2. The molecule has 2 rings (SSSR count). The first-order valence-corrected chi connectivity index (χ1v) is 14.1. The second kappa shape index (κ2) is 11.5. The highest BCUT2D eigenvalue weighted by Gasteiger charge is 2.27. The number of sulfonamides is 2. The highest BCUT2D eigenvalue weighted by atomic mass is 32.2. The molecule has 10 nitrogen and oxygen atoms in total. The SMILES string of the molecule is CNS(=O)(=O)c1ccc(S(=O)(=O)NC(=O)Cc2c(C(C)C)cc(COC)cc2C(C)C)cc1C(=O)O. The lowest BCUT2D eigenvalue weighted by atomic mass is 9.85. The van der Waals surface area contributed by atoms with Gasteiger partial charge in [-0.05, 0) is 59.3 Å². The Morgan fingerprint density at radius 3 is 1.94 bits per heavy atom. The fraction of sp³-hybridized carbons (Fsp3) is 0.417. The molecule has 0 unspecified atom stereocenters. The molecule has 198 valence electrons. The number of hydrogen-bond donors (Lipinski definition) is 3. The van der Waals surface area contributed by atoms with Crippen LogP contribution in [0.1, 0.15) is 72.1 Å². The van der Waals surface area contributed by atoms with E-state index in [1.807, 2.05) is 49.3 Å². The van der Waals surface area contributed by atoms with E-state index in [0.29, 0.717) is 18.2 Å². The molecule has 0 fully saturated rings. The molecule has 0 radical (unpaired) electrons. The van der Waals surface area contributed by atoms with Gasteiger partial charge in [-0.1, -0.05) is 39.8 Å². The lowest BCUT2D eigenvalue weighted by Gasteiger charge is -2.21. The molecule has 2 aromatic rings. The number of methoxy groups -OCH3 is 1. The Balaban J connectivity index is 2.46. The van der Waals surface area contributed by atoms with Gasteiger partial charge in [0.15, 0.2) is 0 Å². The Labute approximate surface area is 212 Å². The molecular formula is C24H32N2O8S2. The second-order valence-electron chi connectivity index (χ2n) is 8.87. The molecule has 0 saturated heterocycles. The third-order valence-corrected chi connectivity index (χ3v) is 8.41. The summed E-state index contributed by atoms with van der Waals surface area (Å²) in [5.41, 5.74) is 2.72. The lowest BCUT2D eigenvalue weighted by molar-refractivity contribution is -0.118. The molecule has 2 aromatic carbocycles. The number of benzene rings is 2. The van der Waals surface area contributed by atoms with Gasteiger partial charge in [-0.2, -0.15) is 0 Å². The number of nitrogens with one attached hydrogen (secondary N) is 2. The molecule has 0 aliphatic rings. The van der Waals surface area contributed by atoms with E-state index in [2.05, 4.69) is 0 Å². The van der Waals surface area contributed by atoms with E-state index >= 15 is 0 Å². The molecule has 0 saturated carbocycles. The summed E-state index contributed by atoms with van der Waals surface area (Å²) >= 11 is 0. The molecule has 0 aliphatic heterocycles. The number of hydrogen-bond acceptors (Lipinski definition) is 7. The molecule has 0 atom stereocenters. The standard InChI is InChI=1S/C24H32N2O8S2/c1-14(2)18-9-16(13-34-6)10-19(15(3)4)20(18)12-23(27)26-35(30,31)17-7-8-22(36(32,33)25-5)21(11-17)24(28)29/h7-11,14-15,25H,12-13H2,1-6H3,(H,26,27)(H,28,29). The van der Waals surface area contributed by atoms with Crippen molar-refractivity contribution < 1.29 is 36.3 Å². The highest BCUT2D eigenvalue weighted by Crippen LogP contribution is 2.30. The van der Waals surface area contributed by atoms with Crippen LogP contribution in [-0.2, 0) is 42.6 Å². The van der Waals surface area contributed by atoms with Crippen molar-refractivity contribution in [2.45, 2.75) is 62.3 Å². The van der Waals surface area contributed by atoms with Gasteiger partial charge in [-0.25, -0.2) is 31.1 Å². The fourth-order valence-electron chi connectivity index (χ4n) is 3.86. The summed E-state index contributed by atoms with van der Waals surface area (Å²) in [6, 6.07) is 6.40. The van der Waals surface area contributed by atoms with Gasteiger partial charge < -0.3 is 9.84 Å². The van der Waals surface area contributed by atoms with Crippen molar-refractivity contribution in [1.29, 1.82) is 0 Å². The number of rotatable bonds is 11. The average molecular weight is 541 g/mol. The van der Waals surface area contributed by atoms with E-state index < -0.39 is 47.3 Å². The summed E-state index contributed by atoms with van der Waals surface area (Å²) < 4.78 is 59.3. The number of ether oxygens (including phenoxy) is 1. The van der Waals surface area contributed by atoms with Crippen LogP contribution in [0.5, 0.6) is 0 Å². The van der Waals surface area contributed by atoms with Crippen LogP contribution in [0.2, 0.25) is 0 Å². The molecule has 0 bridgehead atoms. The van der Waals surface area contributed by atoms with Crippen molar-refractivity contribution in [2.24, 2.45) is 0 Å². The molecule has 0 spiro atoms. The summed E-state index contributed by atoms with van der Waals surface area (Å²) in [5, 5.41) is 9.43. The number of carboxylic acid groups (broad SMARTS) is 1. The van der Waals surface area contributed by atoms with Crippen LogP contribution in [-0.4, -0.2) is 48.0 Å². The van der Waals surface area contributed by atoms with Crippen molar-refractivity contribution in [2.75, 3.05) is 14.2 Å². The molecule has 3 N–H and O–H groups in total.